The fraction of sp³-hybridized carbons (Fsp3) is 0.875. The first-order chi connectivity index (χ1) is 17.1. The molecule has 0 aliphatic carbocycles. The molecule has 0 saturated carbocycles. The van der Waals surface area contributed by atoms with E-state index in [2.05, 4.69) is 26.2 Å². The molecule has 35 heavy (non-hydrogen) atoms. The monoisotopic (exact) mass is 509 g/mol. The Labute approximate surface area is 212 Å². The van der Waals surface area contributed by atoms with E-state index in [1.54, 1.807) is 0 Å². The van der Waals surface area contributed by atoms with Crippen LogP contribution in [-0.4, -0.2) is 115 Å². The summed E-state index contributed by atoms with van der Waals surface area (Å²) in [4.78, 5) is 43.8. The van der Waals surface area contributed by atoms with Crippen molar-refractivity contribution in [1.29, 1.82) is 0 Å². The summed E-state index contributed by atoms with van der Waals surface area (Å²) in [5.74, 6) is 2.40. The van der Waals surface area contributed by atoms with E-state index in [4.69, 9.17) is 0 Å². The number of piperidine rings is 1. The third kappa shape index (κ3) is 6.23. The van der Waals surface area contributed by atoms with Crippen molar-refractivity contribution in [3.8, 4) is 0 Å². The number of amides is 4. The van der Waals surface area contributed by atoms with Gasteiger partial charge in [0.15, 0.2) is 6.04 Å². The van der Waals surface area contributed by atoms with Gasteiger partial charge in [-0.25, -0.2) is 4.79 Å². The molecule has 0 aromatic heterocycles. The third-order valence-corrected chi connectivity index (χ3v) is 9.81. The normalized spacial score (nSPS) is 35.9. The Kier molecular flexibility index (Phi) is 8.36. The van der Waals surface area contributed by atoms with E-state index in [9.17, 15) is 14.4 Å². The van der Waals surface area contributed by atoms with E-state index >= 15 is 0 Å². The number of carbonyl (C=O) groups is 3. The molecule has 5 aliphatic rings. The van der Waals surface area contributed by atoms with Gasteiger partial charge in [-0.3, -0.25) is 14.5 Å². The summed E-state index contributed by atoms with van der Waals surface area (Å²) in [7, 11) is 0. The number of hydrogen-bond acceptors (Lipinski definition) is 5. The summed E-state index contributed by atoms with van der Waals surface area (Å²) in [5, 5.41) is 11.7. The summed E-state index contributed by atoms with van der Waals surface area (Å²) in [6, 6.07) is 0.225. The van der Waals surface area contributed by atoms with Crippen LogP contribution in [0.4, 0.5) is 4.79 Å². The van der Waals surface area contributed by atoms with Gasteiger partial charge in [-0.15, -0.1) is 0 Å². The average molecular weight is 510 g/mol. The van der Waals surface area contributed by atoms with Gasteiger partial charge in [0, 0.05) is 63.7 Å². The lowest BCUT2D eigenvalue weighted by Crippen LogP contribution is -3.21. The first kappa shape index (κ1) is 25.1. The number of nitrogens with two attached hydrogens (primary N) is 1. The SMILES string of the molecule is O=C(NC1CCSC1)NC1CC2C(=O)NCC(CCC(=O)N3CCN(C4CCCC[NH2+]4)CC3)[NH+]2C1. The van der Waals surface area contributed by atoms with Gasteiger partial charge in [-0.2, -0.15) is 11.8 Å². The molecule has 6 atom stereocenters. The Morgan fingerprint density at radius 3 is 2.69 bits per heavy atom. The topological polar surface area (TPSA) is 115 Å². The molecule has 5 saturated heterocycles. The predicted molar refractivity (Wildman–Crippen MR) is 134 cm³/mol. The summed E-state index contributed by atoms with van der Waals surface area (Å²) in [5.41, 5.74) is 0. The van der Waals surface area contributed by atoms with Crippen molar-refractivity contribution < 1.29 is 24.6 Å². The number of carbonyl (C=O) groups excluding carboxylic acids is 3. The maximum Gasteiger partial charge on any atom is 0.315 e. The summed E-state index contributed by atoms with van der Waals surface area (Å²) in [6.07, 6.45) is 7.50. The predicted octanol–water partition coefficient (Wildman–Crippen LogP) is -2.69. The van der Waals surface area contributed by atoms with Gasteiger partial charge in [0.1, 0.15) is 12.2 Å². The Balaban J connectivity index is 1.06. The van der Waals surface area contributed by atoms with Crippen molar-refractivity contribution in [1.82, 2.24) is 25.8 Å². The highest BCUT2D eigenvalue weighted by atomic mass is 32.2. The minimum atomic E-state index is -0.133. The zero-order valence-corrected chi connectivity index (χ0v) is 21.6. The second-order valence-corrected chi connectivity index (χ2v) is 12.1. The van der Waals surface area contributed by atoms with E-state index in [1.807, 2.05) is 16.7 Å². The van der Waals surface area contributed by atoms with E-state index < -0.39 is 0 Å². The number of thioether (sulfide) groups is 1. The highest BCUT2D eigenvalue weighted by Gasteiger charge is 2.48. The zero-order valence-electron chi connectivity index (χ0n) is 20.8. The number of piperazine rings is 2. The van der Waals surface area contributed by atoms with Crippen LogP contribution in [0, 0.1) is 0 Å². The number of nitrogens with one attached hydrogen (secondary N) is 4. The lowest BCUT2D eigenvalue weighted by Gasteiger charge is -2.39. The highest BCUT2D eigenvalue weighted by molar-refractivity contribution is 7.99. The Bertz CT molecular complexity index is 766. The molecule has 11 heteroatoms. The summed E-state index contributed by atoms with van der Waals surface area (Å²) >= 11 is 1.87. The van der Waals surface area contributed by atoms with E-state index in [1.165, 1.54) is 30.7 Å². The second kappa shape index (κ2) is 11.7. The van der Waals surface area contributed by atoms with Gasteiger partial charge >= 0.3 is 6.03 Å². The van der Waals surface area contributed by atoms with E-state index in [0.29, 0.717) is 25.6 Å². The molecule has 196 valence electrons. The van der Waals surface area contributed by atoms with Crippen molar-refractivity contribution in [2.45, 2.75) is 75.3 Å². The first-order valence-electron chi connectivity index (χ1n) is 13.7. The average Bonchev–Trinajstić information content (AvgIpc) is 3.54. The maximum atomic E-state index is 13.0. The van der Waals surface area contributed by atoms with Gasteiger partial charge < -0.3 is 31.1 Å². The minimum Gasteiger partial charge on any atom is -0.345 e. The molecule has 5 heterocycles. The van der Waals surface area contributed by atoms with Gasteiger partial charge in [0.25, 0.3) is 5.91 Å². The number of hydrogen-bond donors (Lipinski definition) is 5. The molecule has 0 aromatic rings. The number of rotatable bonds is 6. The Morgan fingerprint density at radius 2 is 1.94 bits per heavy atom. The summed E-state index contributed by atoms with van der Waals surface area (Å²) in [6.45, 7) is 6.18. The van der Waals surface area contributed by atoms with Crippen molar-refractivity contribution in [2.75, 3.05) is 57.3 Å². The number of fused-ring (bicyclic) bond motifs is 1. The molecule has 6 unspecified atom stereocenters. The smallest absolute Gasteiger partial charge is 0.315 e. The molecule has 5 fully saturated rings. The molecule has 0 spiro atoms. The van der Waals surface area contributed by atoms with Crippen LogP contribution in [0.25, 0.3) is 0 Å². The van der Waals surface area contributed by atoms with Crippen molar-refractivity contribution >= 4 is 29.6 Å². The molecule has 5 aliphatic heterocycles. The van der Waals surface area contributed by atoms with Gasteiger partial charge in [0.2, 0.25) is 5.91 Å². The van der Waals surface area contributed by atoms with E-state index in [-0.39, 0.29) is 42.0 Å². The second-order valence-electron chi connectivity index (χ2n) is 10.9. The molecular weight excluding hydrogens is 466 g/mol. The number of urea groups is 1. The highest BCUT2D eigenvalue weighted by Crippen LogP contribution is 2.17. The molecule has 5 rings (SSSR count). The van der Waals surface area contributed by atoms with Crippen LogP contribution >= 0.6 is 11.8 Å². The van der Waals surface area contributed by atoms with Crippen molar-refractivity contribution in [3.05, 3.63) is 0 Å². The van der Waals surface area contributed by atoms with Crippen molar-refractivity contribution in [3.63, 3.8) is 0 Å². The zero-order chi connectivity index (χ0) is 24.2. The first-order valence-corrected chi connectivity index (χ1v) is 14.9. The van der Waals surface area contributed by atoms with Crippen LogP contribution in [0.2, 0.25) is 0 Å². The molecule has 6 N–H and O–H groups in total. The fourth-order valence-corrected chi connectivity index (χ4v) is 7.78. The van der Waals surface area contributed by atoms with Crippen LogP contribution < -0.4 is 26.2 Å². The molecular formula is C24H43N7O3S+2. The molecule has 0 aromatic carbocycles. The summed E-state index contributed by atoms with van der Waals surface area (Å²) < 4.78 is 0. The number of quaternary nitrogens is 2. The lowest BCUT2D eigenvalue weighted by molar-refractivity contribution is -0.930. The van der Waals surface area contributed by atoms with Crippen molar-refractivity contribution in [2.24, 2.45) is 0 Å². The standard InChI is InChI=1S/C24H41N7O3S/c32-22(30-10-8-29(9-11-30)21-3-1-2-7-25-21)5-4-19-14-26-23(33)20-13-18(15-31(19)20)28-24(34)27-17-6-12-35-16-17/h17-21,25H,1-16H2,(H,26,33)(H2,27,28,34)/p+2. The van der Waals surface area contributed by atoms with E-state index in [0.717, 1.165) is 57.1 Å². The maximum absolute atomic E-state index is 13.0. The fourth-order valence-electron chi connectivity index (χ4n) is 6.63. The van der Waals surface area contributed by atoms with Gasteiger partial charge in [0.05, 0.1) is 25.7 Å². The molecule has 0 bridgehead atoms. The molecule has 0 radical (unpaired) electrons. The van der Waals surface area contributed by atoms with Crippen LogP contribution in [-0.2, 0) is 9.59 Å². The van der Waals surface area contributed by atoms with Crippen LogP contribution in [0.1, 0.15) is 44.9 Å². The largest absolute Gasteiger partial charge is 0.345 e. The van der Waals surface area contributed by atoms with Crippen LogP contribution in [0.15, 0.2) is 0 Å². The minimum absolute atomic E-state index is 0.00391. The number of nitrogens with zero attached hydrogens (tertiary/aromatic N) is 2. The molecule has 10 nitrogen and oxygen atoms in total. The Morgan fingerprint density at radius 1 is 1.11 bits per heavy atom. The van der Waals surface area contributed by atoms with Gasteiger partial charge in [-0.1, -0.05) is 0 Å². The quantitative estimate of drug-likeness (QED) is 0.268. The van der Waals surface area contributed by atoms with Gasteiger partial charge in [-0.05, 0) is 25.0 Å². The Hall–Kier alpha value is -1.56. The third-order valence-electron chi connectivity index (χ3n) is 8.65. The molecule has 4 amide bonds. The van der Waals surface area contributed by atoms with Crippen LogP contribution in [0.5, 0.6) is 0 Å². The lowest BCUT2D eigenvalue weighted by atomic mass is 10.0. The van der Waals surface area contributed by atoms with Crippen LogP contribution in [0.3, 0.4) is 0 Å².